The van der Waals surface area contributed by atoms with Gasteiger partial charge in [0, 0.05) is 18.0 Å². The molecule has 0 atom stereocenters. The van der Waals surface area contributed by atoms with Crippen molar-refractivity contribution in [1.82, 2.24) is 19.5 Å². The van der Waals surface area contributed by atoms with Crippen molar-refractivity contribution >= 4 is 11.0 Å². The Balaban J connectivity index is 1.94. The average molecular weight is 376 g/mol. The number of nitrogens with one attached hydrogen (secondary N) is 1. The van der Waals surface area contributed by atoms with Crippen LogP contribution >= 0.6 is 0 Å². The summed E-state index contributed by atoms with van der Waals surface area (Å²) in [5.41, 5.74) is 0.836. The quantitative estimate of drug-likeness (QED) is 0.563. The number of fused-ring (bicyclic) bond motifs is 1. The Bertz CT molecular complexity index is 1280. The first-order valence-corrected chi connectivity index (χ1v) is 8.47. The van der Waals surface area contributed by atoms with Crippen molar-refractivity contribution in [2.45, 2.75) is 6.54 Å². The molecule has 8 nitrogen and oxygen atoms in total. The molecule has 0 aliphatic heterocycles. The molecule has 4 aromatic rings. The van der Waals surface area contributed by atoms with Gasteiger partial charge in [0.25, 0.3) is 5.56 Å². The van der Waals surface area contributed by atoms with Crippen LogP contribution < -0.4 is 16.0 Å². The lowest BCUT2D eigenvalue weighted by atomic mass is 10.1. The number of pyridine rings is 2. The molecule has 3 aromatic heterocycles. The first-order valence-electron chi connectivity index (χ1n) is 8.47. The number of aromatic amines is 1. The van der Waals surface area contributed by atoms with Crippen LogP contribution in [0.15, 0.2) is 64.4 Å². The Morgan fingerprint density at radius 3 is 2.64 bits per heavy atom. The van der Waals surface area contributed by atoms with Gasteiger partial charge in [0.15, 0.2) is 5.65 Å². The smallest absolute Gasteiger partial charge is 0.330 e. The van der Waals surface area contributed by atoms with Gasteiger partial charge in [-0.3, -0.25) is 19.3 Å². The number of rotatable bonds is 4. The molecule has 0 aliphatic carbocycles. The lowest BCUT2D eigenvalue weighted by molar-refractivity contribution is 0.412. The molecule has 0 amide bonds. The van der Waals surface area contributed by atoms with Crippen LogP contribution in [0.3, 0.4) is 0 Å². The van der Waals surface area contributed by atoms with Crippen molar-refractivity contribution in [2.75, 3.05) is 7.11 Å². The van der Waals surface area contributed by atoms with E-state index >= 15 is 0 Å². The Hall–Kier alpha value is -3.94. The molecule has 28 heavy (non-hydrogen) atoms. The second-order valence-corrected chi connectivity index (χ2v) is 6.15. The minimum absolute atomic E-state index is 0.0144. The van der Waals surface area contributed by atoms with Crippen LogP contribution in [0.1, 0.15) is 5.56 Å². The molecule has 0 aliphatic rings. The molecule has 0 fully saturated rings. The third-order valence-corrected chi connectivity index (χ3v) is 4.41. The normalized spacial score (nSPS) is 10.9. The zero-order valence-corrected chi connectivity index (χ0v) is 14.9. The molecule has 2 N–H and O–H groups in total. The first kappa shape index (κ1) is 17.5. The van der Waals surface area contributed by atoms with Gasteiger partial charge in [-0.15, -0.1) is 0 Å². The summed E-state index contributed by atoms with van der Waals surface area (Å²) in [6, 6.07) is 11.5. The maximum absolute atomic E-state index is 12.5. The second-order valence-electron chi connectivity index (χ2n) is 6.15. The molecule has 3 heterocycles. The predicted molar refractivity (Wildman–Crippen MR) is 104 cm³/mol. The number of hydrogen-bond acceptors (Lipinski definition) is 6. The highest BCUT2D eigenvalue weighted by molar-refractivity contribution is 5.79. The van der Waals surface area contributed by atoms with Crippen LogP contribution in [0, 0.1) is 0 Å². The summed E-state index contributed by atoms with van der Waals surface area (Å²) in [4.78, 5) is 35.5. The van der Waals surface area contributed by atoms with Gasteiger partial charge in [-0.2, -0.15) is 0 Å². The van der Waals surface area contributed by atoms with Gasteiger partial charge in [0.05, 0.1) is 24.7 Å². The summed E-state index contributed by atoms with van der Waals surface area (Å²) >= 11 is 0. The molecule has 0 bridgehead atoms. The highest BCUT2D eigenvalue weighted by atomic mass is 16.5. The summed E-state index contributed by atoms with van der Waals surface area (Å²) in [7, 11) is 1.52. The fraction of sp³-hybridized carbons (Fsp3) is 0.100. The number of H-pyrrole nitrogens is 1. The maximum Gasteiger partial charge on any atom is 0.330 e. The van der Waals surface area contributed by atoms with E-state index in [1.54, 1.807) is 48.8 Å². The van der Waals surface area contributed by atoms with E-state index in [2.05, 4.69) is 15.0 Å². The lowest BCUT2D eigenvalue weighted by Crippen LogP contribution is -2.31. The molecule has 1 aromatic carbocycles. The largest absolute Gasteiger partial charge is 0.507 e. The summed E-state index contributed by atoms with van der Waals surface area (Å²) < 4.78 is 6.59. The van der Waals surface area contributed by atoms with Gasteiger partial charge in [-0.25, -0.2) is 9.78 Å². The van der Waals surface area contributed by atoms with Crippen molar-refractivity contribution in [3.05, 3.63) is 81.3 Å². The first-order chi connectivity index (χ1) is 13.6. The molecule has 8 heteroatoms. The number of methoxy groups -OCH3 is 1. The Labute approximate surface area is 158 Å². The van der Waals surface area contributed by atoms with Crippen LogP contribution in [0.4, 0.5) is 0 Å². The predicted octanol–water partition coefficient (Wildman–Crippen LogP) is 1.91. The van der Waals surface area contributed by atoms with Gasteiger partial charge in [0.1, 0.15) is 11.5 Å². The SMILES string of the molecule is COc1ccc(O)c(-c2ccc3c(=O)[nH]c(=O)n(Cc4ccncc4)c3n2)c1. The maximum atomic E-state index is 12.5. The van der Waals surface area contributed by atoms with Gasteiger partial charge < -0.3 is 9.84 Å². The van der Waals surface area contributed by atoms with Crippen molar-refractivity contribution in [3.63, 3.8) is 0 Å². The minimum Gasteiger partial charge on any atom is -0.507 e. The summed E-state index contributed by atoms with van der Waals surface area (Å²) in [6.07, 6.45) is 3.25. The molecule has 0 unspecified atom stereocenters. The van der Waals surface area contributed by atoms with Crippen LogP contribution in [0.5, 0.6) is 11.5 Å². The highest BCUT2D eigenvalue weighted by Gasteiger charge is 2.13. The minimum atomic E-state index is -0.561. The van der Waals surface area contributed by atoms with Gasteiger partial charge in [-0.1, -0.05) is 0 Å². The van der Waals surface area contributed by atoms with Crippen LogP contribution in [-0.2, 0) is 6.54 Å². The zero-order chi connectivity index (χ0) is 19.7. The highest BCUT2D eigenvalue weighted by Crippen LogP contribution is 2.32. The fourth-order valence-electron chi connectivity index (χ4n) is 2.97. The van der Waals surface area contributed by atoms with Crippen LogP contribution in [-0.4, -0.2) is 31.7 Å². The monoisotopic (exact) mass is 376 g/mol. The number of phenols is 1. The third kappa shape index (κ3) is 3.11. The molecule has 0 saturated carbocycles. The number of benzene rings is 1. The van der Waals surface area contributed by atoms with Crippen molar-refractivity contribution in [2.24, 2.45) is 0 Å². The number of aromatic hydroxyl groups is 1. The average Bonchev–Trinajstić information content (AvgIpc) is 2.72. The summed E-state index contributed by atoms with van der Waals surface area (Å²) in [6.45, 7) is 0.217. The topological polar surface area (TPSA) is 110 Å². The molecule has 0 radical (unpaired) electrons. The third-order valence-electron chi connectivity index (χ3n) is 4.41. The number of nitrogens with zero attached hydrogens (tertiary/aromatic N) is 3. The van der Waals surface area contributed by atoms with E-state index in [1.807, 2.05) is 0 Å². The van der Waals surface area contributed by atoms with Gasteiger partial charge in [-0.05, 0) is 48.0 Å². The van der Waals surface area contributed by atoms with Crippen molar-refractivity contribution in [3.8, 4) is 22.8 Å². The number of hydrogen-bond donors (Lipinski definition) is 2. The Kier molecular flexibility index (Phi) is 4.36. The Morgan fingerprint density at radius 1 is 1.11 bits per heavy atom. The number of phenolic OH excluding ortho intramolecular Hbond substituents is 1. The number of ether oxygens (including phenoxy) is 1. The van der Waals surface area contributed by atoms with E-state index in [4.69, 9.17) is 4.74 Å². The van der Waals surface area contributed by atoms with E-state index in [1.165, 1.54) is 17.7 Å². The molecule has 4 rings (SSSR count). The van der Waals surface area contributed by atoms with Crippen molar-refractivity contribution < 1.29 is 9.84 Å². The molecular weight excluding hydrogens is 360 g/mol. The molecule has 0 spiro atoms. The van der Waals surface area contributed by atoms with Gasteiger partial charge in [0.2, 0.25) is 0 Å². The summed E-state index contributed by atoms with van der Waals surface area (Å²) in [5.74, 6) is 0.565. The fourth-order valence-corrected chi connectivity index (χ4v) is 2.97. The second kappa shape index (κ2) is 6.99. The van der Waals surface area contributed by atoms with E-state index in [0.717, 1.165) is 5.56 Å². The van der Waals surface area contributed by atoms with E-state index in [0.29, 0.717) is 17.0 Å². The van der Waals surface area contributed by atoms with E-state index < -0.39 is 11.2 Å². The zero-order valence-electron chi connectivity index (χ0n) is 14.9. The van der Waals surface area contributed by atoms with Crippen LogP contribution in [0.25, 0.3) is 22.3 Å². The summed E-state index contributed by atoms with van der Waals surface area (Å²) in [5, 5.41) is 10.5. The molecule has 140 valence electrons. The lowest BCUT2D eigenvalue weighted by Gasteiger charge is -2.11. The van der Waals surface area contributed by atoms with E-state index in [-0.39, 0.29) is 23.3 Å². The van der Waals surface area contributed by atoms with Gasteiger partial charge >= 0.3 is 5.69 Å². The van der Waals surface area contributed by atoms with Crippen LogP contribution in [0.2, 0.25) is 0 Å². The molecular formula is C20H16N4O4. The Morgan fingerprint density at radius 2 is 1.89 bits per heavy atom. The standard InChI is InChI=1S/C20H16N4O4/c1-28-13-2-5-17(25)15(10-13)16-4-3-14-18(22-16)24(20(27)23-19(14)26)11-12-6-8-21-9-7-12/h2-10,25H,11H2,1H3,(H,23,26,27). The number of aromatic nitrogens is 4. The van der Waals surface area contributed by atoms with E-state index in [9.17, 15) is 14.7 Å². The van der Waals surface area contributed by atoms with Crippen molar-refractivity contribution in [1.29, 1.82) is 0 Å². The molecule has 0 saturated heterocycles.